The zero-order valence-corrected chi connectivity index (χ0v) is 13.4. The predicted octanol–water partition coefficient (Wildman–Crippen LogP) is 1.66. The Morgan fingerprint density at radius 1 is 1.19 bits per heavy atom. The van der Waals surface area contributed by atoms with Crippen LogP contribution in [0, 0.1) is 5.82 Å². The largest absolute Gasteiger partial charge is 0.481 e. The topological polar surface area (TPSA) is 85.3 Å². The summed E-state index contributed by atoms with van der Waals surface area (Å²) in [6, 6.07) is 5.69. The third-order valence-corrected chi connectivity index (χ3v) is 3.06. The molecule has 26 heavy (non-hydrogen) atoms. The van der Waals surface area contributed by atoms with E-state index in [1.807, 2.05) is 5.43 Å². The molecule has 1 atom stereocenters. The number of alkyl halides is 3. The number of carbonyl (C=O) groups excluding carboxylic acids is 2. The number of aromatic nitrogens is 2. The van der Waals surface area contributed by atoms with Gasteiger partial charge in [-0.15, -0.1) is 0 Å². The molecule has 2 amide bonds. The molecule has 11 heteroatoms. The zero-order chi connectivity index (χ0) is 19.3. The molecule has 0 saturated carbocycles. The Morgan fingerprint density at radius 2 is 1.85 bits per heavy atom. The lowest BCUT2D eigenvalue weighted by atomic mass is 10.3. The van der Waals surface area contributed by atoms with E-state index in [2.05, 4.69) is 10.5 Å². The van der Waals surface area contributed by atoms with E-state index in [-0.39, 0.29) is 5.75 Å². The molecule has 2 N–H and O–H groups in total. The number of nitrogens with one attached hydrogen (secondary N) is 2. The van der Waals surface area contributed by atoms with Crippen molar-refractivity contribution in [1.29, 1.82) is 0 Å². The molecule has 0 aliphatic carbocycles. The molecule has 0 bridgehead atoms. The predicted molar refractivity (Wildman–Crippen MR) is 80.0 cm³/mol. The van der Waals surface area contributed by atoms with Gasteiger partial charge in [0.15, 0.2) is 11.8 Å². The molecule has 0 spiro atoms. The van der Waals surface area contributed by atoms with E-state index >= 15 is 0 Å². The molecule has 2 rings (SSSR count). The number of hydrazine groups is 1. The van der Waals surface area contributed by atoms with E-state index in [0.29, 0.717) is 0 Å². The molecule has 140 valence electrons. The highest BCUT2D eigenvalue weighted by molar-refractivity contribution is 5.84. The molecule has 1 aromatic heterocycles. The van der Waals surface area contributed by atoms with Crippen molar-refractivity contribution in [3.8, 4) is 5.75 Å². The van der Waals surface area contributed by atoms with E-state index in [1.54, 1.807) is 0 Å². The second kappa shape index (κ2) is 7.85. The van der Waals surface area contributed by atoms with Gasteiger partial charge in [-0.2, -0.15) is 18.3 Å². The maximum atomic E-state index is 12.8. The maximum Gasteiger partial charge on any atom is 0.435 e. The molecule has 7 nitrogen and oxygen atoms in total. The number of amides is 2. The van der Waals surface area contributed by atoms with E-state index in [1.165, 1.54) is 19.1 Å². The molecule has 2 aromatic rings. The Kier molecular flexibility index (Phi) is 5.80. The van der Waals surface area contributed by atoms with E-state index in [0.717, 1.165) is 29.1 Å². The minimum atomic E-state index is -4.61. The van der Waals surface area contributed by atoms with Gasteiger partial charge in [0.25, 0.3) is 11.8 Å². The molecule has 1 unspecified atom stereocenters. The first-order valence-electron chi connectivity index (χ1n) is 7.26. The quantitative estimate of drug-likeness (QED) is 0.616. The Labute approximate surface area is 144 Å². The fourth-order valence-corrected chi connectivity index (χ4v) is 1.79. The molecule has 0 fully saturated rings. The fraction of sp³-hybridized carbons (Fsp3) is 0.267. The van der Waals surface area contributed by atoms with Crippen LogP contribution in [0.4, 0.5) is 17.6 Å². The van der Waals surface area contributed by atoms with Crippen LogP contribution in [0.25, 0.3) is 0 Å². The van der Waals surface area contributed by atoms with Crippen molar-refractivity contribution in [2.45, 2.75) is 25.7 Å². The normalized spacial score (nSPS) is 12.3. The van der Waals surface area contributed by atoms with Gasteiger partial charge < -0.3 is 4.74 Å². The van der Waals surface area contributed by atoms with Gasteiger partial charge in [-0.3, -0.25) is 25.1 Å². The van der Waals surface area contributed by atoms with Crippen molar-refractivity contribution < 1.29 is 31.9 Å². The number of hydrogen-bond donors (Lipinski definition) is 2. The molecule has 1 heterocycles. The van der Waals surface area contributed by atoms with Crippen LogP contribution in [0.1, 0.15) is 12.6 Å². The molecular formula is C15H14F4N4O3. The Balaban J connectivity index is 1.79. The number of carbonyl (C=O) groups is 2. The van der Waals surface area contributed by atoms with Gasteiger partial charge >= 0.3 is 6.18 Å². The van der Waals surface area contributed by atoms with Crippen LogP contribution < -0.4 is 15.6 Å². The minimum Gasteiger partial charge on any atom is -0.481 e. The van der Waals surface area contributed by atoms with Crippen molar-refractivity contribution in [3.05, 3.63) is 48.0 Å². The second-order valence-electron chi connectivity index (χ2n) is 5.15. The van der Waals surface area contributed by atoms with Crippen LogP contribution in [0.3, 0.4) is 0 Å². The summed E-state index contributed by atoms with van der Waals surface area (Å²) in [5, 5.41) is 3.21. The van der Waals surface area contributed by atoms with Gasteiger partial charge in [0.1, 0.15) is 18.1 Å². The van der Waals surface area contributed by atoms with Gasteiger partial charge in [0.2, 0.25) is 0 Å². The molecule has 1 aromatic carbocycles. The Hall–Kier alpha value is -3.11. The molecule has 0 aliphatic rings. The summed E-state index contributed by atoms with van der Waals surface area (Å²) in [5.74, 6) is -1.71. The summed E-state index contributed by atoms with van der Waals surface area (Å²) in [5.41, 5.74) is 2.98. The second-order valence-corrected chi connectivity index (χ2v) is 5.15. The summed E-state index contributed by atoms with van der Waals surface area (Å²) in [6.07, 6.45) is -4.63. The minimum absolute atomic E-state index is 0.247. The maximum absolute atomic E-state index is 12.8. The van der Waals surface area contributed by atoms with Crippen LogP contribution in [0.2, 0.25) is 0 Å². The summed E-state index contributed by atoms with van der Waals surface area (Å²) in [6.45, 7) is 0.873. The fourth-order valence-electron chi connectivity index (χ4n) is 1.79. The number of halogens is 4. The average molecular weight is 374 g/mol. The number of rotatable bonds is 5. The number of nitrogens with zero attached hydrogens (tertiary/aromatic N) is 2. The third kappa shape index (κ3) is 5.46. The lowest BCUT2D eigenvalue weighted by Gasteiger charge is -2.15. The van der Waals surface area contributed by atoms with Crippen LogP contribution in [-0.4, -0.2) is 27.7 Å². The van der Waals surface area contributed by atoms with Crippen LogP contribution in [0.5, 0.6) is 5.75 Å². The van der Waals surface area contributed by atoms with Crippen LogP contribution in [-0.2, 0) is 22.3 Å². The first-order valence-corrected chi connectivity index (χ1v) is 7.26. The summed E-state index contributed by atoms with van der Waals surface area (Å²) in [4.78, 5) is 23.5. The zero-order valence-electron chi connectivity index (χ0n) is 13.4. The Bertz CT molecular complexity index is 774. The first kappa shape index (κ1) is 19.2. The van der Waals surface area contributed by atoms with Crippen molar-refractivity contribution in [3.63, 3.8) is 0 Å². The summed E-state index contributed by atoms with van der Waals surface area (Å²) >= 11 is 0. The van der Waals surface area contributed by atoms with Gasteiger partial charge in [-0.25, -0.2) is 4.39 Å². The van der Waals surface area contributed by atoms with Gasteiger partial charge in [-0.05, 0) is 37.3 Å². The number of hydrogen-bond acceptors (Lipinski definition) is 4. The van der Waals surface area contributed by atoms with E-state index in [4.69, 9.17) is 4.74 Å². The Morgan fingerprint density at radius 3 is 2.42 bits per heavy atom. The van der Waals surface area contributed by atoms with Crippen LogP contribution >= 0.6 is 0 Å². The lowest BCUT2D eigenvalue weighted by Crippen LogP contribution is -2.48. The monoisotopic (exact) mass is 374 g/mol. The van der Waals surface area contributed by atoms with Crippen molar-refractivity contribution in [2.24, 2.45) is 0 Å². The molecule has 0 aliphatic heterocycles. The third-order valence-electron chi connectivity index (χ3n) is 3.06. The standard InChI is InChI=1S/C15H14F4N4O3/c1-9(26-11-4-2-10(16)3-5-11)14(25)21-20-13(24)8-23-7-6-12(22-23)15(17,18)19/h2-7,9H,8H2,1H3,(H,20,24)(H,21,25). The van der Waals surface area contributed by atoms with Crippen molar-refractivity contribution in [2.75, 3.05) is 0 Å². The summed E-state index contributed by atoms with van der Waals surface area (Å²) < 4.78 is 56.1. The smallest absolute Gasteiger partial charge is 0.435 e. The van der Waals surface area contributed by atoms with Gasteiger partial charge in [0, 0.05) is 6.20 Å². The highest BCUT2D eigenvalue weighted by Crippen LogP contribution is 2.27. The highest BCUT2D eigenvalue weighted by atomic mass is 19.4. The van der Waals surface area contributed by atoms with Crippen molar-refractivity contribution >= 4 is 11.8 Å². The lowest BCUT2D eigenvalue weighted by molar-refractivity contribution is -0.141. The van der Waals surface area contributed by atoms with Crippen molar-refractivity contribution in [1.82, 2.24) is 20.6 Å². The molecule has 0 saturated heterocycles. The summed E-state index contributed by atoms with van der Waals surface area (Å²) in [7, 11) is 0. The van der Waals surface area contributed by atoms with E-state index in [9.17, 15) is 27.2 Å². The van der Waals surface area contributed by atoms with Crippen LogP contribution in [0.15, 0.2) is 36.5 Å². The SMILES string of the molecule is CC(Oc1ccc(F)cc1)C(=O)NNC(=O)Cn1ccc(C(F)(F)F)n1. The average Bonchev–Trinajstić information content (AvgIpc) is 3.03. The number of benzene rings is 1. The highest BCUT2D eigenvalue weighted by Gasteiger charge is 2.33. The van der Waals surface area contributed by atoms with E-state index < -0.39 is 42.2 Å². The first-order chi connectivity index (χ1) is 12.1. The van der Waals surface area contributed by atoms with Gasteiger partial charge in [0.05, 0.1) is 0 Å². The van der Waals surface area contributed by atoms with Gasteiger partial charge in [-0.1, -0.05) is 0 Å². The molecular weight excluding hydrogens is 360 g/mol. The molecule has 0 radical (unpaired) electrons. The number of ether oxygens (including phenoxy) is 1.